The Morgan fingerprint density at radius 1 is 1.33 bits per heavy atom. The van der Waals surface area contributed by atoms with Gasteiger partial charge in [-0.15, -0.1) is 6.58 Å². The summed E-state index contributed by atoms with van der Waals surface area (Å²) in [5.41, 5.74) is 1.25. The first kappa shape index (κ1) is 14.9. The quantitative estimate of drug-likeness (QED) is 0.502. The van der Waals surface area contributed by atoms with Gasteiger partial charge in [0.15, 0.2) is 0 Å². The molecule has 1 aromatic carbocycles. The van der Waals surface area contributed by atoms with Crippen LogP contribution in [0.3, 0.4) is 0 Å². The molecule has 2 heteroatoms. The number of nitrogens with one attached hydrogen (secondary N) is 1. The summed E-state index contributed by atoms with van der Waals surface area (Å²) in [6.45, 7) is 8.62. The molecule has 18 heavy (non-hydrogen) atoms. The molecule has 0 spiro atoms. The van der Waals surface area contributed by atoms with E-state index in [1.165, 1.54) is 5.56 Å². The average molecular weight is 247 g/mol. The summed E-state index contributed by atoms with van der Waals surface area (Å²) in [4.78, 5) is 0. The smallest absolute Gasteiger partial charge is 0.0949 e. The summed E-state index contributed by atoms with van der Waals surface area (Å²) in [6.07, 6.45) is 5.31. The van der Waals surface area contributed by atoms with Gasteiger partial charge in [0.2, 0.25) is 0 Å². The van der Waals surface area contributed by atoms with Crippen LogP contribution in [0.25, 0.3) is 0 Å². The molecule has 0 aliphatic rings. The van der Waals surface area contributed by atoms with Crippen molar-refractivity contribution in [2.45, 2.75) is 32.3 Å². The molecule has 1 rings (SSSR count). The van der Waals surface area contributed by atoms with Crippen LogP contribution >= 0.6 is 0 Å². The highest BCUT2D eigenvalue weighted by Crippen LogP contribution is 2.16. The molecule has 0 saturated heterocycles. The van der Waals surface area contributed by atoms with Crippen molar-refractivity contribution in [1.29, 1.82) is 0 Å². The van der Waals surface area contributed by atoms with Crippen LogP contribution in [0.2, 0.25) is 0 Å². The Morgan fingerprint density at radius 2 is 2.11 bits per heavy atom. The summed E-state index contributed by atoms with van der Waals surface area (Å²) in [6, 6.07) is 10.4. The lowest BCUT2D eigenvalue weighted by atomic mass is 10.1. The summed E-state index contributed by atoms with van der Waals surface area (Å²) >= 11 is 0. The number of benzene rings is 1. The van der Waals surface area contributed by atoms with E-state index in [0.717, 1.165) is 39.0 Å². The molecule has 0 saturated carbocycles. The van der Waals surface area contributed by atoms with Gasteiger partial charge in [-0.2, -0.15) is 0 Å². The molecular formula is C16H25NO. The second-order valence-electron chi connectivity index (χ2n) is 4.41. The zero-order chi connectivity index (χ0) is 13.1. The summed E-state index contributed by atoms with van der Waals surface area (Å²) in [7, 11) is 0. The number of hydrogen-bond acceptors (Lipinski definition) is 2. The zero-order valence-electron chi connectivity index (χ0n) is 11.4. The van der Waals surface area contributed by atoms with Crippen LogP contribution in [0.1, 0.15) is 37.9 Å². The molecule has 100 valence electrons. The number of allylic oxidation sites excluding steroid dienone is 1. The number of hydrogen-bond donors (Lipinski definition) is 1. The topological polar surface area (TPSA) is 21.3 Å². The van der Waals surface area contributed by atoms with E-state index in [2.05, 4.69) is 43.1 Å². The van der Waals surface area contributed by atoms with Crippen molar-refractivity contribution in [2.24, 2.45) is 0 Å². The molecule has 1 unspecified atom stereocenters. The molecular weight excluding hydrogens is 222 g/mol. The fraction of sp³-hybridized carbons (Fsp3) is 0.500. The summed E-state index contributed by atoms with van der Waals surface area (Å²) in [5, 5.41) is 3.43. The fourth-order valence-electron chi connectivity index (χ4n) is 1.80. The van der Waals surface area contributed by atoms with Crippen molar-refractivity contribution in [1.82, 2.24) is 5.32 Å². The monoisotopic (exact) mass is 247 g/mol. The zero-order valence-corrected chi connectivity index (χ0v) is 11.4. The van der Waals surface area contributed by atoms with Gasteiger partial charge in [0, 0.05) is 13.2 Å². The van der Waals surface area contributed by atoms with Crippen LogP contribution in [-0.2, 0) is 4.74 Å². The van der Waals surface area contributed by atoms with E-state index < -0.39 is 0 Å². The first-order valence-electron chi connectivity index (χ1n) is 6.86. The van der Waals surface area contributed by atoms with Gasteiger partial charge in [-0.1, -0.05) is 43.3 Å². The van der Waals surface area contributed by atoms with E-state index in [-0.39, 0.29) is 6.10 Å². The van der Waals surface area contributed by atoms with Gasteiger partial charge in [-0.25, -0.2) is 0 Å². The molecule has 0 fully saturated rings. The van der Waals surface area contributed by atoms with Crippen molar-refractivity contribution >= 4 is 0 Å². The van der Waals surface area contributed by atoms with Gasteiger partial charge in [0.05, 0.1) is 6.10 Å². The lowest BCUT2D eigenvalue weighted by Crippen LogP contribution is -2.24. The van der Waals surface area contributed by atoms with Gasteiger partial charge >= 0.3 is 0 Å². The van der Waals surface area contributed by atoms with E-state index in [1.807, 2.05) is 12.1 Å². The second-order valence-corrected chi connectivity index (χ2v) is 4.41. The van der Waals surface area contributed by atoms with Crippen molar-refractivity contribution in [3.63, 3.8) is 0 Å². The molecule has 1 aromatic rings. The predicted octanol–water partition coefficient (Wildman–Crippen LogP) is 3.71. The largest absolute Gasteiger partial charge is 0.372 e. The molecule has 0 aliphatic heterocycles. The molecule has 0 radical (unpaired) electrons. The highest BCUT2D eigenvalue weighted by Gasteiger charge is 2.10. The third-order valence-corrected chi connectivity index (χ3v) is 2.80. The molecule has 1 N–H and O–H groups in total. The molecule has 0 bridgehead atoms. The molecule has 0 heterocycles. The van der Waals surface area contributed by atoms with Crippen LogP contribution in [0.4, 0.5) is 0 Å². The molecule has 2 nitrogen and oxygen atoms in total. The second kappa shape index (κ2) is 9.86. The Bertz CT molecular complexity index is 310. The maximum atomic E-state index is 5.97. The van der Waals surface area contributed by atoms with Crippen molar-refractivity contribution < 1.29 is 4.74 Å². The van der Waals surface area contributed by atoms with Gasteiger partial charge in [-0.3, -0.25) is 0 Å². The predicted molar refractivity (Wildman–Crippen MR) is 77.7 cm³/mol. The first-order chi connectivity index (χ1) is 8.88. The van der Waals surface area contributed by atoms with Gasteiger partial charge < -0.3 is 10.1 Å². The Balaban J connectivity index is 2.44. The lowest BCUT2D eigenvalue weighted by molar-refractivity contribution is 0.0515. The minimum Gasteiger partial charge on any atom is -0.372 e. The minimum atomic E-state index is 0.155. The molecule has 0 aliphatic carbocycles. The van der Waals surface area contributed by atoms with Crippen LogP contribution in [-0.4, -0.2) is 19.7 Å². The van der Waals surface area contributed by atoms with E-state index in [1.54, 1.807) is 0 Å². The Labute approximate surface area is 111 Å². The Morgan fingerprint density at radius 3 is 2.78 bits per heavy atom. The third kappa shape index (κ3) is 5.99. The van der Waals surface area contributed by atoms with Crippen molar-refractivity contribution in [2.75, 3.05) is 19.7 Å². The summed E-state index contributed by atoms with van der Waals surface area (Å²) < 4.78 is 5.97. The van der Waals surface area contributed by atoms with E-state index in [0.29, 0.717) is 0 Å². The van der Waals surface area contributed by atoms with Crippen molar-refractivity contribution in [3.8, 4) is 0 Å². The van der Waals surface area contributed by atoms with Gasteiger partial charge in [0.1, 0.15) is 0 Å². The van der Waals surface area contributed by atoms with E-state index in [9.17, 15) is 0 Å². The average Bonchev–Trinajstić information content (AvgIpc) is 2.42. The molecule has 0 aromatic heterocycles. The summed E-state index contributed by atoms with van der Waals surface area (Å²) in [5.74, 6) is 0. The minimum absolute atomic E-state index is 0.155. The van der Waals surface area contributed by atoms with Crippen LogP contribution in [0.5, 0.6) is 0 Å². The normalized spacial score (nSPS) is 12.3. The van der Waals surface area contributed by atoms with E-state index >= 15 is 0 Å². The van der Waals surface area contributed by atoms with Crippen LogP contribution in [0, 0.1) is 0 Å². The lowest BCUT2D eigenvalue weighted by Gasteiger charge is -2.19. The SMILES string of the molecule is C=CCCCOC(CNCCC)c1ccccc1. The number of unbranched alkanes of at least 4 members (excludes halogenated alkanes) is 1. The Kier molecular flexibility index (Phi) is 8.19. The highest BCUT2D eigenvalue weighted by atomic mass is 16.5. The number of rotatable bonds is 10. The highest BCUT2D eigenvalue weighted by molar-refractivity contribution is 5.17. The maximum absolute atomic E-state index is 5.97. The van der Waals surface area contributed by atoms with Crippen LogP contribution < -0.4 is 5.32 Å². The first-order valence-corrected chi connectivity index (χ1v) is 6.86. The molecule has 0 amide bonds. The van der Waals surface area contributed by atoms with Gasteiger partial charge in [0.25, 0.3) is 0 Å². The Hall–Kier alpha value is -1.12. The standard InChI is InChI=1S/C16H25NO/c1-3-5-9-13-18-16(14-17-12-4-2)15-10-7-6-8-11-15/h3,6-8,10-11,16-17H,1,4-5,9,12-14H2,2H3. The van der Waals surface area contributed by atoms with Crippen molar-refractivity contribution in [3.05, 3.63) is 48.6 Å². The number of ether oxygens (including phenoxy) is 1. The third-order valence-electron chi connectivity index (χ3n) is 2.80. The van der Waals surface area contributed by atoms with Crippen LogP contribution in [0.15, 0.2) is 43.0 Å². The fourth-order valence-corrected chi connectivity index (χ4v) is 1.80. The van der Waals surface area contributed by atoms with Gasteiger partial charge in [-0.05, 0) is 31.4 Å². The molecule has 1 atom stereocenters. The van der Waals surface area contributed by atoms with E-state index in [4.69, 9.17) is 4.74 Å². The maximum Gasteiger partial charge on any atom is 0.0949 e.